The zero-order valence-corrected chi connectivity index (χ0v) is 11.8. The standard InChI is InChI=1S/C14H15N3OS/c1-16(2)11-5-3-10(4-6-11)9-12-13(18)17-8-7-15-14(17)19-12/h3-6,9H,7-8H2,1-2H3. The summed E-state index contributed by atoms with van der Waals surface area (Å²) >= 11 is 1.47. The summed E-state index contributed by atoms with van der Waals surface area (Å²) in [7, 11) is 4.02. The van der Waals surface area contributed by atoms with E-state index in [0.717, 1.165) is 33.7 Å². The molecule has 4 nitrogen and oxygen atoms in total. The Morgan fingerprint density at radius 1 is 1.32 bits per heavy atom. The lowest BCUT2D eigenvalue weighted by Gasteiger charge is -2.11. The fourth-order valence-electron chi connectivity index (χ4n) is 2.09. The van der Waals surface area contributed by atoms with Gasteiger partial charge in [0.1, 0.15) is 0 Å². The minimum Gasteiger partial charge on any atom is -0.378 e. The van der Waals surface area contributed by atoms with E-state index >= 15 is 0 Å². The molecular weight excluding hydrogens is 258 g/mol. The van der Waals surface area contributed by atoms with Crippen LogP contribution in [-0.4, -0.2) is 25.2 Å². The Morgan fingerprint density at radius 3 is 2.68 bits per heavy atom. The number of rotatable bonds is 2. The number of nitrogens with zero attached hydrogens (tertiary/aromatic N) is 3. The first-order valence-electron chi connectivity index (χ1n) is 6.18. The maximum absolute atomic E-state index is 12.1. The molecule has 0 N–H and O–H groups in total. The first-order valence-corrected chi connectivity index (χ1v) is 7.00. The summed E-state index contributed by atoms with van der Waals surface area (Å²) in [6, 6.07) is 8.16. The molecule has 3 rings (SSSR count). The summed E-state index contributed by atoms with van der Waals surface area (Å²) in [6.45, 7) is 1.46. The highest BCUT2D eigenvalue weighted by atomic mass is 32.1. The molecule has 0 spiro atoms. The molecule has 0 radical (unpaired) electrons. The van der Waals surface area contributed by atoms with Gasteiger partial charge in [-0.05, 0) is 23.8 Å². The number of hydrogen-bond acceptors (Lipinski definition) is 4. The molecule has 0 aliphatic carbocycles. The first kappa shape index (κ1) is 12.2. The van der Waals surface area contributed by atoms with Crippen LogP contribution in [0.4, 0.5) is 5.69 Å². The number of fused-ring (bicyclic) bond motifs is 1. The van der Waals surface area contributed by atoms with Gasteiger partial charge in [0.15, 0.2) is 4.80 Å². The van der Waals surface area contributed by atoms with Gasteiger partial charge in [0.2, 0.25) is 0 Å². The van der Waals surface area contributed by atoms with Crippen LogP contribution in [-0.2, 0) is 6.54 Å². The predicted molar refractivity (Wildman–Crippen MR) is 78.6 cm³/mol. The molecule has 0 unspecified atom stereocenters. The molecule has 0 bridgehead atoms. The van der Waals surface area contributed by atoms with E-state index in [-0.39, 0.29) is 5.56 Å². The molecule has 2 heterocycles. The monoisotopic (exact) mass is 273 g/mol. The van der Waals surface area contributed by atoms with Gasteiger partial charge in [-0.2, -0.15) is 0 Å². The minimum absolute atomic E-state index is 0.0814. The summed E-state index contributed by atoms with van der Waals surface area (Å²) in [5.74, 6) is 0. The Balaban J connectivity index is 2.05. The highest BCUT2D eigenvalue weighted by Crippen LogP contribution is 2.12. The average molecular weight is 273 g/mol. The Morgan fingerprint density at radius 2 is 2.05 bits per heavy atom. The van der Waals surface area contributed by atoms with Crippen LogP contribution in [0.15, 0.2) is 34.1 Å². The van der Waals surface area contributed by atoms with Crippen molar-refractivity contribution in [3.05, 3.63) is 49.5 Å². The van der Waals surface area contributed by atoms with Gasteiger partial charge < -0.3 is 4.90 Å². The van der Waals surface area contributed by atoms with Crippen molar-refractivity contribution < 1.29 is 0 Å². The topological polar surface area (TPSA) is 37.6 Å². The lowest BCUT2D eigenvalue weighted by atomic mass is 10.2. The van der Waals surface area contributed by atoms with Gasteiger partial charge >= 0.3 is 0 Å². The largest absolute Gasteiger partial charge is 0.378 e. The van der Waals surface area contributed by atoms with Crippen molar-refractivity contribution in [2.24, 2.45) is 4.99 Å². The number of aromatic nitrogens is 1. The molecule has 1 aliphatic rings. The predicted octanol–water partition coefficient (Wildman–Crippen LogP) is 0.438. The lowest BCUT2D eigenvalue weighted by molar-refractivity contribution is 0.740. The molecule has 1 aromatic heterocycles. The minimum atomic E-state index is 0.0814. The van der Waals surface area contributed by atoms with E-state index in [2.05, 4.69) is 22.0 Å². The van der Waals surface area contributed by atoms with E-state index in [1.807, 2.05) is 32.3 Å². The van der Waals surface area contributed by atoms with Gasteiger partial charge in [0.05, 0.1) is 11.1 Å². The van der Waals surface area contributed by atoms with Crippen LogP contribution >= 0.6 is 11.3 Å². The van der Waals surface area contributed by atoms with Crippen molar-refractivity contribution in [2.45, 2.75) is 6.54 Å². The quantitative estimate of drug-likeness (QED) is 0.796. The van der Waals surface area contributed by atoms with Crippen LogP contribution in [0.25, 0.3) is 6.08 Å². The molecule has 1 aromatic carbocycles. The van der Waals surface area contributed by atoms with Crippen LogP contribution in [0, 0.1) is 0 Å². The first-order chi connectivity index (χ1) is 9.15. The molecule has 5 heteroatoms. The lowest BCUT2D eigenvalue weighted by Crippen LogP contribution is -2.29. The molecule has 2 aromatic rings. The number of hydrogen-bond donors (Lipinski definition) is 0. The van der Waals surface area contributed by atoms with Gasteiger partial charge in [-0.1, -0.05) is 23.5 Å². The third kappa shape index (κ3) is 2.21. The van der Waals surface area contributed by atoms with E-state index in [1.54, 1.807) is 4.57 Å². The smallest absolute Gasteiger partial charge is 0.270 e. The van der Waals surface area contributed by atoms with Gasteiger partial charge in [0, 0.05) is 26.3 Å². The molecule has 1 aliphatic heterocycles. The molecule has 0 saturated carbocycles. The van der Waals surface area contributed by atoms with Gasteiger partial charge in [-0.15, -0.1) is 0 Å². The second-order valence-corrected chi connectivity index (χ2v) is 5.73. The molecule has 0 amide bonds. The molecular formula is C14H15N3OS. The summed E-state index contributed by atoms with van der Waals surface area (Å²) in [4.78, 5) is 19.3. The fraction of sp³-hybridized carbons (Fsp3) is 0.286. The van der Waals surface area contributed by atoms with Crippen LogP contribution in [0.5, 0.6) is 0 Å². The zero-order chi connectivity index (χ0) is 13.4. The van der Waals surface area contributed by atoms with Crippen molar-refractivity contribution >= 4 is 23.1 Å². The van der Waals surface area contributed by atoms with Gasteiger partial charge in [-0.25, -0.2) is 0 Å². The van der Waals surface area contributed by atoms with E-state index in [1.165, 1.54) is 11.3 Å². The average Bonchev–Trinajstić information content (AvgIpc) is 2.95. The second-order valence-electron chi connectivity index (χ2n) is 4.72. The van der Waals surface area contributed by atoms with Crippen molar-refractivity contribution in [3.63, 3.8) is 0 Å². The summed E-state index contributed by atoms with van der Waals surface area (Å²) < 4.78 is 2.51. The highest BCUT2D eigenvalue weighted by molar-refractivity contribution is 7.07. The van der Waals surface area contributed by atoms with E-state index < -0.39 is 0 Å². The molecule has 0 atom stereocenters. The van der Waals surface area contributed by atoms with E-state index in [4.69, 9.17) is 0 Å². The molecule has 0 saturated heterocycles. The van der Waals surface area contributed by atoms with Crippen molar-refractivity contribution in [1.82, 2.24) is 4.57 Å². The van der Waals surface area contributed by atoms with Crippen molar-refractivity contribution in [3.8, 4) is 0 Å². The third-order valence-electron chi connectivity index (χ3n) is 3.17. The summed E-state index contributed by atoms with van der Waals surface area (Å²) in [6.07, 6.45) is 1.94. The highest BCUT2D eigenvalue weighted by Gasteiger charge is 2.09. The molecule has 98 valence electrons. The Kier molecular flexibility index (Phi) is 2.98. The maximum atomic E-state index is 12.1. The van der Waals surface area contributed by atoms with Crippen molar-refractivity contribution in [2.75, 3.05) is 25.5 Å². The fourth-order valence-corrected chi connectivity index (χ4v) is 3.12. The third-order valence-corrected chi connectivity index (χ3v) is 4.21. The second kappa shape index (κ2) is 4.66. The molecule has 19 heavy (non-hydrogen) atoms. The van der Waals surface area contributed by atoms with Crippen molar-refractivity contribution in [1.29, 1.82) is 0 Å². The SMILES string of the molecule is CN(C)c1ccc(C=c2sc3n(c2=O)CCN=3)cc1. The van der Waals surface area contributed by atoms with E-state index in [9.17, 15) is 4.79 Å². The maximum Gasteiger partial charge on any atom is 0.270 e. The van der Waals surface area contributed by atoms with Gasteiger partial charge in [-0.3, -0.25) is 14.4 Å². The Labute approximate surface area is 115 Å². The van der Waals surface area contributed by atoms with E-state index in [0.29, 0.717) is 0 Å². The number of benzene rings is 1. The van der Waals surface area contributed by atoms with Gasteiger partial charge in [0.25, 0.3) is 5.56 Å². The molecule has 0 fully saturated rings. The Bertz CT molecular complexity index is 769. The normalized spacial score (nSPS) is 14.3. The Hall–Kier alpha value is -1.88. The van der Waals surface area contributed by atoms with Crippen LogP contribution in [0.2, 0.25) is 0 Å². The summed E-state index contributed by atoms with van der Waals surface area (Å²) in [5, 5.41) is 0. The summed E-state index contributed by atoms with van der Waals surface area (Å²) in [5.41, 5.74) is 2.28. The zero-order valence-electron chi connectivity index (χ0n) is 11.0. The number of thiazole rings is 1. The van der Waals surface area contributed by atoms with Crippen LogP contribution in [0.3, 0.4) is 0 Å². The number of anilines is 1. The van der Waals surface area contributed by atoms with Crippen LogP contribution < -0.4 is 19.8 Å². The van der Waals surface area contributed by atoms with Crippen LogP contribution in [0.1, 0.15) is 5.56 Å².